The summed E-state index contributed by atoms with van der Waals surface area (Å²) in [6.45, 7) is 0.266. The van der Waals surface area contributed by atoms with Gasteiger partial charge in [0.15, 0.2) is 5.69 Å². The molecule has 0 bridgehead atoms. The van der Waals surface area contributed by atoms with Crippen molar-refractivity contribution in [3.8, 4) is 0 Å². The lowest BCUT2D eigenvalue weighted by atomic mass is 10.0. The van der Waals surface area contributed by atoms with Crippen LogP contribution in [-0.4, -0.2) is 25.7 Å². The van der Waals surface area contributed by atoms with E-state index in [-0.39, 0.29) is 23.7 Å². The van der Waals surface area contributed by atoms with Gasteiger partial charge in [0, 0.05) is 5.39 Å². The molecule has 2 aromatic heterocycles. The van der Waals surface area contributed by atoms with Gasteiger partial charge in [-0.15, -0.1) is 0 Å². The zero-order chi connectivity index (χ0) is 25.9. The minimum Gasteiger partial charge on any atom is -0.340 e. The zero-order valence-electron chi connectivity index (χ0n) is 20.5. The smallest absolute Gasteiger partial charge is 0.274 e. The molecule has 0 fully saturated rings. The number of aromatic amines is 1. The predicted molar refractivity (Wildman–Crippen MR) is 148 cm³/mol. The molecule has 0 saturated heterocycles. The van der Waals surface area contributed by atoms with Gasteiger partial charge in [-0.2, -0.15) is 5.10 Å². The topological polar surface area (TPSA) is 92.7 Å². The molecule has 1 unspecified atom stereocenters. The number of amides is 1. The van der Waals surface area contributed by atoms with Crippen molar-refractivity contribution in [2.75, 3.05) is 0 Å². The largest absolute Gasteiger partial charge is 0.340 e. The van der Waals surface area contributed by atoms with Crippen LogP contribution in [0.4, 0.5) is 0 Å². The fourth-order valence-electron chi connectivity index (χ4n) is 4.70. The highest BCUT2D eigenvalue weighted by Gasteiger charge is 2.23. The second-order valence-corrected chi connectivity index (χ2v) is 9.20. The molecule has 0 spiro atoms. The normalized spacial score (nSPS) is 12.0. The van der Waals surface area contributed by atoms with Crippen LogP contribution in [0.2, 0.25) is 0 Å². The number of fused-ring (bicyclic) bond motifs is 2. The molecular weight excluding hydrogens is 474 g/mol. The fourth-order valence-corrected chi connectivity index (χ4v) is 4.70. The molecule has 2 heterocycles. The van der Waals surface area contributed by atoms with E-state index in [1.165, 1.54) is 4.68 Å². The second kappa shape index (κ2) is 10.1. The van der Waals surface area contributed by atoms with Crippen LogP contribution in [0.15, 0.2) is 114 Å². The van der Waals surface area contributed by atoms with E-state index in [1.54, 1.807) is 18.2 Å². The van der Waals surface area contributed by atoms with Crippen molar-refractivity contribution >= 4 is 27.7 Å². The Labute approximate surface area is 218 Å². The number of hydrogen-bond donors (Lipinski definition) is 2. The molecule has 7 heteroatoms. The average Bonchev–Trinajstić information content (AvgIpc) is 3.40. The van der Waals surface area contributed by atoms with Crippen molar-refractivity contribution in [2.24, 2.45) is 0 Å². The molecule has 0 aliphatic carbocycles. The molecule has 186 valence electrons. The molecule has 0 radical (unpaired) electrons. The van der Waals surface area contributed by atoms with Crippen molar-refractivity contribution in [3.05, 3.63) is 142 Å². The van der Waals surface area contributed by atoms with Gasteiger partial charge in [0.2, 0.25) is 0 Å². The third-order valence-electron chi connectivity index (χ3n) is 6.58. The van der Waals surface area contributed by atoms with Crippen molar-refractivity contribution < 1.29 is 4.79 Å². The summed E-state index contributed by atoms with van der Waals surface area (Å²) in [6.07, 6.45) is 0.536. The number of carbonyl (C=O) groups is 1. The van der Waals surface area contributed by atoms with Gasteiger partial charge in [-0.05, 0) is 35.7 Å². The second-order valence-electron chi connectivity index (χ2n) is 9.20. The van der Waals surface area contributed by atoms with E-state index in [4.69, 9.17) is 4.98 Å². The maximum atomic E-state index is 13.8. The number of hydrogen-bond acceptors (Lipinski definition) is 4. The maximum absolute atomic E-state index is 13.8. The van der Waals surface area contributed by atoms with E-state index in [2.05, 4.69) is 15.4 Å². The van der Waals surface area contributed by atoms with Gasteiger partial charge < -0.3 is 10.3 Å². The summed E-state index contributed by atoms with van der Waals surface area (Å²) in [5.74, 6) is 0.287. The van der Waals surface area contributed by atoms with Crippen LogP contribution in [0.3, 0.4) is 0 Å². The lowest BCUT2D eigenvalue weighted by Crippen LogP contribution is -2.34. The number of rotatable bonds is 7. The fraction of sp³-hybridized carbons (Fsp3) is 0.0968. The average molecular weight is 500 g/mol. The van der Waals surface area contributed by atoms with E-state index in [1.807, 2.05) is 91.0 Å². The summed E-state index contributed by atoms with van der Waals surface area (Å²) in [5.41, 5.74) is 3.67. The molecular formula is C31H25N5O2. The molecule has 7 nitrogen and oxygen atoms in total. The summed E-state index contributed by atoms with van der Waals surface area (Å²) in [5, 5.41) is 8.67. The summed E-state index contributed by atoms with van der Waals surface area (Å²) >= 11 is 0. The Hall–Kier alpha value is -5.04. The standard InChI is InChI=1S/C31H25N5O2/c37-30(28-23-15-7-8-16-24(23)31(38)36(35-28)20-22-13-5-2-6-14-22)34-27(19-21-11-3-1-4-12-21)29-32-25-17-9-10-18-26(25)33-29/h1-18,27H,19-20H2,(H,32,33)(H,34,37). The Bertz CT molecular complexity index is 1760. The van der Waals surface area contributed by atoms with Crippen LogP contribution in [0, 0.1) is 0 Å². The van der Waals surface area contributed by atoms with Gasteiger partial charge in [-0.25, -0.2) is 9.67 Å². The van der Waals surface area contributed by atoms with Crippen molar-refractivity contribution in [1.29, 1.82) is 0 Å². The Balaban J connectivity index is 1.40. The molecule has 1 amide bonds. The highest BCUT2D eigenvalue weighted by Crippen LogP contribution is 2.22. The monoisotopic (exact) mass is 499 g/mol. The first kappa shape index (κ1) is 23.4. The minimum absolute atomic E-state index is 0.199. The van der Waals surface area contributed by atoms with Crippen LogP contribution in [0.1, 0.15) is 33.5 Å². The van der Waals surface area contributed by atoms with Crippen LogP contribution in [0.25, 0.3) is 21.8 Å². The number of H-pyrrole nitrogens is 1. The molecule has 0 aliphatic heterocycles. The SMILES string of the molecule is O=C(NC(Cc1ccccc1)c1nc2ccccc2[nH]1)c1nn(Cc2ccccc2)c(=O)c2ccccc12. The van der Waals surface area contributed by atoms with Crippen LogP contribution < -0.4 is 10.9 Å². The molecule has 0 saturated carbocycles. The van der Waals surface area contributed by atoms with Gasteiger partial charge in [0.05, 0.1) is 29.0 Å². The first-order chi connectivity index (χ1) is 18.7. The van der Waals surface area contributed by atoms with Gasteiger partial charge >= 0.3 is 0 Å². The van der Waals surface area contributed by atoms with Crippen LogP contribution in [0.5, 0.6) is 0 Å². The number of nitrogens with zero attached hydrogens (tertiary/aromatic N) is 3. The predicted octanol–water partition coefficient (Wildman–Crippen LogP) is 5.03. The molecule has 0 aliphatic rings. The Morgan fingerprint density at radius 1 is 0.789 bits per heavy atom. The number of benzene rings is 4. The third-order valence-corrected chi connectivity index (χ3v) is 6.58. The van der Waals surface area contributed by atoms with Crippen LogP contribution in [-0.2, 0) is 13.0 Å². The summed E-state index contributed by atoms with van der Waals surface area (Å²) in [4.78, 5) is 35.2. The van der Waals surface area contributed by atoms with Crippen molar-refractivity contribution in [1.82, 2.24) is 25.1 Å². The summed E-state index contributed by atoms with van der Waals surface area (Å²) in [6, 6.07) is 34.0. The van der Waals surface area contributed by atoms with Crippen molar-refractivity contribution in [2.45, 2.75) is 19.0 Å². The Morgan fingerprint density at radius 3 is 2.16 bits per heavy atom. The van der Waals surface area contributed by atoms with Gasteiger partial charge in [0.25, 0.3) is 11.5 Å². The van der Waals surface area contributed by atoms with Gasteiger partial charge in [-0.1, -0.05) is 91.0 Å². The van der Waals surface area contributed by atoms with Crippen molar-refractivity contribution in [3.63, 3.8) is 0 Å². The summed E-state index contributed by atoms with van der Waals surface area (Å²) in [7, 11) is 0. The van der Waals surface area contributed by atoms with E-state index in [9.17, 15) is 9.59 Å². The summed E-state index contributed by atoms with van der Waals surface area (Å²) < 4.78 is 1.36. The van der Waals surface area contributed by atoms with E-state index in [0.717, 1.165) is 22.2 Å². The molecule has 1 atom stereocenters. The van der Waals surface area contributed by atoms with Gasteiger partial charge in [-0.3, -0.25) is 9.59 Å². The Kier molecular flexibility index (Phi) is 6.24. The third kappa shape index (κ3) is 4.69. The highest BCUT2D eigenvalue weighted by atomic mass is 16.2. The first-order valence-electron chi connectivity index (χ1n) is 12.5. The number of nitrogens with one attached hydrogen (secondary N) is 2. The Morgan fingerprint density at radius 2 is 1.42 bits per heavy atom. The molecule has 38 heavy (non-hydrogen) atoms. The van der Waals surface area contributed by atoms with Crippen LogP contribution >= 0.6 is 0 Å². The quantitative estimate of drug-likeness (QED) is 0.322. The lowest BCUT2D eigenvalue weighted by Gasteiger charge is -2.18. The highest BCUT2D eigenvalue weighted by molar-refractivity contribution is 6.04. The number of para-hydroxylation sites is 2. The lowest BCUT2D eigenvalue weighted by molar-refractivity contribution is 0.0929. The first-order valence-corrected chi connectivity index (χ1v) is 12.5. The molecule has 2 N–H and O–H groups in total. The number of imidazole rings is 1. The van der Waals surface area contributed by atoms with E-state index < -0.39 is 6.04 Å². The van der Waals surface area contributed by atoms with E-state index >= 15 is 0 Å². The zero-order valence-corrected chi connectivity index (χ0v) is 20.5. The number of carbonyl (C=O) groups excluding carboxylic acids is 1. The van der Waals surface area contributed by atoms with Gasteiger partial charge in [0.1, 0.15) is 5.82 Å². The molecule has 6 rings (SSSR count). The maximum Gasteiger partial charge on any atom is 0.274 e. The number of aromatic nitrogens is 4. The van der Waals surface area contributed by atoms with E-state index in [0.29, 0.717) is 23.0 Å². The minimum atomic E-state index is -0.438. The molecule has 4 aromatic carbocycles. The molecule has 6 aromatic rings.